The molecule has 0 saturated carbocycles. The molecule has 23 heavy (non-hydrogen) atoms. The summed E-state index contributed by atoms with van der Waals surface area (Å²) in [5.41, 5.74) is 3.56. The molecule has 2 rings (SSSR count). The Morgan fingerprint density at radius 2 is 1.91 bits per heavy atom. The minimum Gasteiger partial charge on any atom is -0.396 e. The van der Waals surface area contributed by atoms with Crippen molar-refractivity contribution in [2.45, 2.75) is 32.1 Å². The molecule has 2 aromatic carbocycles. The summed E-state index contributed by atoms with van der Waals surface area (Å²) in [5.74, 6) is 0.217. The quantitative estimate of drug-likeness (QED) is 0.786. The van der Waals surface area contributed by atoms with Gasteiger partial charge in [-0.05, 0) is 30.9 Å². The van der Waals surface area contributed by atoms with Gasteiger partial charge < -0.3 is 10.4 Å². The number of carbonyl (C=O) groups excluding carboxylic acids is 1. The second-order valence-corrected chi connectivity index (χ2v) is 5.91. The smallest absolute Gasteiger partial charge is 0.220 e. The highest BCUT2D eigenvalue weighted by Gasteiger charge is 2.12. The Morgan fingerprint density at radius 1 is 1.13 bits per heavy atom. The molecular weight excluding hydrogens is 286 g/mol. The largest absolute Gasteiger partial charge is 0.396 e. The lowest BCUT2D eigenvalue weighted by molar-refractivity contribution is -0.121. The first-order valence-electron chi connectivity index (χ1n) is 8.17. The fourth-order valence-corrected chi connectivity index (χ4v) is 2.72. The number of hydrogen-bond donors (Lipinski definition) is 2. The van der Waals surface area contributed by atoms with Crippen LogP contribution < -0.4 is 5.32 Å². The second-order valence-electron chi connectivity index (χ2n) is 5.91. The van der Waals surface area contributed by atoms with Gasteiger partial charge in [-0.1, -0.05) is 60.2 Å². The molecule has 0 aliphatic carbocycles. The van der Waals surface area contributed by atoms with Gasteiger partial charge in [0, 0.05) is 25.5 Å². The summed E-state index contributed by atoms with van der Waals surface area (Å²) in [7, 11) is 0. The zero-order valence-corrected chi connectivity index (χ0v) is 13.7. The standard InChI is InChI=1S/C20H25NO2/c1-16-6-5-7-17(14-16)10-11-20(23)21-15-19(12-13-22)18-8-3-2-4-9-18/h2-9,14,19,22H,10-13,15H2,1H3,(H,21,23). The van der Waals surface area contributed by atoms with Crippen LogP contribution in [0.3, 0.4) is 0 Å². The van der Waals surface area contributed by atoms with Gasteiger partial charge in [0.25, 0.3) is 0 Å². The molecule has 0 aliphatic heterocycles. The lowest BCUT2D eigenvalue weighted by Gasteiger charge is -2.17. The molecule has 1 amide bonds. The van der Waals surface area contributed by atoms with E-state index in [0.717, 1.165) is 12.0 Å². The normalized spacial score (nSPS) is 11.9. The molecule has 3 nitrogen and oxygen atoms in total. The lowest BCUT2D eigenvalue weighted by Crippen LogP contribution is -2.29. The van der Waals surface area contributed by atoms with E-state index in [1.54, 1.807) is 0 Å². The summed E-state index contributed by atoms with van der Waals surface area (Å²) in [5, 5.41) is 12.2. The number of amides is 1. The van der Waals surface area contributed by atoms with Gasteiger partial charge in [0.15, 0.2) is 0 Å². The van der Waals surface area contributed by atoms with Gasteiger partial charge in [-0.15, -0.1) is 0 Å². The fourth-order valence-electron chi connectivity index (χ4n) is 2.72. The third kappa shape index (κ3) is 5.87. The number of benzene rings is 2. The highest BCUT2D eigenvalue weighted by molar-refractivity contribution is 5.76. The highest BCUT2D eigenvalue weighted by Crippen LogP contribution is 2.18. The Kier molecular flexibility index (Phi) is 6.82. The monoisotopic (exact) mass is 311 g/mol. The van der Waals surface area contributed by atoms with Crippen LogP contribution in [0.4, 0.5) is 0 Å². The maximum absolute atomic E-state index is 12.1. The van der Waals surface area contributed by atoms with Crippen LogP contribution in [0.25, 0.3) is 0 Å². The number of aliphatic hydroxyl groups excluding tert-OH is 1. The molecule has 0 fully saturated rings. The van der Waals surface area contributed by atoms with E-state index in [0.29, 0.717) is 19.4 Å². The molecular formula is C20H25NO2. The lowest BCUT2D eigenvalue weighted by atomic mass is 9.96. The molecule has 0 spiro atoms. The van der Waals surface area contributed by atoms with Crippen LogP contribution in [0.2, 0.25) is 0 Å². The number of carbonyl (C=O) groups is 1. The van der Waals surface area contributed by atoms with Crippen molar-refractivity contribution in [3.8, 4) is 0 Å². The van der Waals surface area contributed by atoms with Crippen LogP contribution in [-0.4, -0.2) is 24.2 Å². The molecule has 3 heteroatoms. The molecule has 0 aromatic heterocycles. The van der Waals surface area contributed by atoms with Gasteiger partial charge >= 0.3 is 0 Å². The predicted octanol–water partition coefficient (Wildman–Crippen LogP) is 3.21. The second kappa shape index (κ2) is 9.11. The van der Waals surface area contributed by atoms with Crippen molar-refractivity contribution < 1.29 is 9.90 Å². The average molecular weight is 311 g/mol. The molecule has 2 N–H and O–H groups in total. The molecule has 0 bridgehead atoms. The third-order valence-corrected chi connectivity index (χ3v) is 4.02. The Labute approximate surface area is 138 Å². The summed E-state index contributed by atoms with van der Waals surface area (Å²) < 4.78 is 0. The number of hydrogen-bond acceptors (Lipinski definition) is 2. The van der Waals surface area contributed by atoms with E-state index in [9.17, 15) is 9.90 Å². The summed E-state index contributed by atoms with van der Waals surface area (Å²) in [6, 6.07) is 18.3. The molecule has 0 saturated heterocycles. The molecule has 122 valence electrons. The van der Waals surface area contributed by atoms with Crippen molar-refractivity contribution in [3.63, 3.8) is 0 Å². The van der Waals surface area contributed by atoms with E-state index in [4.69, 9.17) is 0 Å². The van der Waals surface area contributed by atoms with E-state index in [-0.39, 0.29) is 18.4 Å². The molecule has 0 heterocycles. The maximum atomic E-state index is 12.1. The third-order valence-electron chi connectivity index (χ3n) is 4.02. The summed E-state index contributed by atoms with van der Waals surface area (Å²) in [6.45, 7) is 2.75. The maximum Gasteiger partial charge on any atom is 0.220 e. The molecule has 2 aromatic rings. The average Bonchev–Trinajstić information content (AvgIpc) is 2.57. The van der Waals surface area contributed by atoms with Crippen LogP contribution in [0.15, 0.2) is 54.6 Å². The minimum atomic E-state index is 0.0605. The SMILES string of the molecule is Cc1cccc(CCC(=O)NCC(CCO)c2ccccc2)c1. The van der Waals surface area contributed by atoms with E-state index >= 15 is 0 Å². The van der Waals surface area contributed by atoms with Crippen molar-refractivity contribution >= 4 is 5.91 Å². The number of aliphatic hydroxyl groups is 1. The van der Waals surface area contributed by atoms with Crippen LogP contribution in [0.1, 0.15) is 35.4 Å². The Hall–Kier alpha value is -2.13. The Bertz CT molecular complexity index is 610. The zero-order chi connectivity index (χ0) is 16.5. The van der Waals surface area contributed by atoms with Crippen LogP contribution in [0, 0.1) is 6.92 Å². The first-order chi connectivity index (χ1) is 11.2. The van der Waals surface area contributed by atoms with Gasteiger partial charge in [-0.25, -0.2) is 0 Å². The van der Waals surface area contributed by atoms with Crippen molar-refractivity contribution in [1.29, 1.82) is 0 Å². The molecule has 1 unspecified atom stereocenters. The number of nitrogens with one attached hydrogen (secondary N) is 1. The summed E-state index contributed by atoms with van der Waals surface area (Å²) in [4.78, 5) is 12.1. The minimum absolute atomic E-state index is 0.0605. The van der Waals surface area contributed by atoms with Crippen LogP contribution in [0.5, 0.6) is 0 Å². The highest BCUT2D eigenvalue weighted by atomic mass is 16.3. The van der Waals surface area contributed by atoms with Crippen molar-refractivity contribution in [2.75, 3.05) is 13.2 Å². The summed E-state index contributed by atoms with van der Waals surface area (Å²) in [6.07, 6.45) is 1.90. The van der Waals surface area contributed by atoms with Gasteiger partial charge in [-0.2, -0.15) is 0 Å². The first-order valence-corrected chi connectivity index (χ1v) is 8.17. The van der Waals surface area contributed by atoms with Crippen LogP contribution >= 0.6 is 0 Å². The predicted molar refractivity (Wildman–Crippen MR) is 93.4 cm³/mol. The van der Waals surface area contributed by atoms with E-state index in [1.807, 2.05) is 36.4 Å². The van der Waals surface area contributed by atoms with E-state index < -0.39 is 0 Å². The first kappa shape index (κ1) is 17.2. The molecule has 0 aliphatic rings. The van der Waals surface area contributed by atoms with E-state index in [1.165, 1.54) is 11.1 Å². The molecule has 0 radical (unpaired) electrons. The Balaban J connectivity index is 1.82. The van der Waals surface area contributed by atoms with Crippen molar-refractivity contribution in [1.82, 2.24) is 5.32 Å². The Morgan fingerprint density at radius 3 is 2.61 bits per heavy atom. The van der Waals surface area contributed by atoms with Gasteiger partial charge in [0.2, 0.25) is 5.91 Å². The summed E-state index contributed by atoms with van der Waals surface area (Å²) >= 11 is 0. The van der Waals surface area contributed by atoms with Gasteiger partial charge in [-0.3, -0.25) is 4.79 Å². The van der Waals surface area contributed by atoms with Crippen molar-refractivity contribution in [3.05, 3.63) is 71.3 Å². The fraction of sp³-hybridized carbons (Fsp3) is 0.350. The topological polar surface area (TPSA) is 49.3 Å². The van der Waals surface area contributed by atoms with Gasteiger partial charge in [0.05, 0.1) is 0 Å². The molecule has 1 atom stereocenters. The zero-order valence-electron chi connectivity index (χ0n) is 13.7. The number of rotatable bonds is 8. The van der Waals surface area contributed by atoms with E-state index in [2.05, 4.69) is 30.4 Å². The van der Waals surface area contributed by atoms with Gasteiger partial charge in [0.1, 0.15) is 0 Å². The number of aryl methyl sites for hydroxylation is 2. The van der Waals surface area contributed by atoms with Crippen LogP contribution in [-0.2, 0) is 11.2 Å². The van der Waals surface area contributed by atoms with Crippen molar-refractivity contribution in [2.24, 2.45) is 0 Å².